The molecule has 1 saturated heterocycles. The van der Waals surface area contributed by atoms with Gasteiger partial charge in [-0.25, -0.2) is 0 Å². The molecule has 0 aromatic heterocycles. The van der Waals surface area contributed by atoms with Gasteiger partial charge in [-0.05, 0) is 26.3 Å². The van der Waals surface area contributed by atoms with Crippen LogP contribution in [0.1, 0.15) is 32.6 Å². The molecule has 4 heteroatoms. The van der Waals surface area contributed by atoms with Crippen molar-refractivity contribution in [2.75, 3.05) is 20.1 Å². The summed E-state index contributed by atoms with van der Waals surface area (Å²) in [6.07, 6.45) is 3.18. The summed E-state index contributed by atoms with van der Waals surface area (Å²) in [4.78, 5) is 13.7. The van der Waals surface area contributed by atoms with Crippen LogP contribution >= 0.6 is 0 Å². The van der Waals surface area contributed by atoms with Gasteiger partial charge in [-0.3, -0.25) is 4.79 Å². The molecule has 0 amide bonds. The predicted molar refractivity (Wildman–Crippen MR) is 59.5 cm³/mol. The predicted octanol–water partition coefficient (Wildman–Crippen LogP) is 0.751. The van der Waals surface area contributed by atoms with E-state index in [4.69, 9.17) is 10.5 Å². The monoisotopic (exact) mass is 214 g/mol. The molecule has 0 aromatic carbocycles. The van der Waals surface area contributed by atoms with Gasteiger partial charge in [-0.2, -0.15) is 0 Å². The number of ether oxygens (including phenoxy) is 1. The Labute approximate surface area is 91.8 Å². The number of hydrogen-bond acceptors (Lipinski definition) is 4. The maximum absolute atomic E-state index is 11.4. The minimum atomic E-state index is -0.140. The van der Waals surface area contributed by atoms with Crippen LogP contribution in [-0.2, 0) is 9.53 Å². The summed E-state index contributed by atoms with van der Waals surface area (Å²) in [5.74, 6) is -0.140. The van der Waals surface area contributed by atoms with Gasteiger partial charge >= 0.3 is 5.97 Å². The van der Waals surface area contributed by atoms with Gasteiger partial charge in [0.2, 0.25) is 0 Å². The molecule has 2 N–H and O–H groups in total. The second kappa shape index (κ2) is 6.08. The van der Waals surface area contributed by atoms with Crippen LogP contribution in [0.2, 0.25) is 0 Å². The fourth-order valence-electron chi connectivity index (χ4n) is 1.70. The number of carbonyl (C=O) groups excluding carboxylic acids is 1. The van der Waals surface area contributed by atoms with Crippen molar-refractivity contribution in [1.82, 2.24) is 4.90 Å². The normalized spacial score (nSPS) is 21.3. The number of rotatable bonds is 4. The molecule has 0 bridgehead atoms. The van der Waals surface area contributed by atoms with E-state index >= 15 is 0 Å². The lowest BCUT2D eigenvalue weighted by molar-refractivity contribution is -0.151. The van der Waals surface area contributed by atoms with Gasteiger partial charge in [-0.15, -0.1) is 0 Å². The van der Waals surface area contributed by atoms with Crippen molar-refractivity contribution in [3.8, 4) is 0 Å². The topological polar surface area (TPSA) is 55.6 Å². The smallest absolute Gasteiger partial charge is 0.307 e. The van der Waals surface area contributed by atoms with E-state index in [9.17, 15) is 4.79 Å². The Morgan fingerprint density at radius 3 is 2.67 bits per heavy atom. The summed E-state index contributed by atoms with van der Waals surface area (Å²) in [6, 6.07) is -0.0521. The molecule has 1 aliphatic rings. The fourth-order valence-corrected chi connectivity index (χ4v) is 1.70. The minimum Gasteiger partial charge on any atom is -0.462 e. The first-order valence-electron chi connectivity index (χ1n) is 5.75. The first-order chi connectivity index (χ1) is 7.11. The Morgan fingerprint density at radius 2 is 2.13 bits per heavy atom. The lowest BCUT2D eigenvalue weighted by atomic mass is 10.1. The van der Waals surface area contributed by atoms with Crippen LogP contribution in [0.4, 0.5) is 0 Å². The highest BCUT2D eigenvalue weighted by atomic mass is 16.5. The van der Waals surface area contributed by atoms with Crippen molar-refractivity contribution in [3.05, 3.63) is 0 Å². The highest BCUT2D eigenvalue weighted by Crippen LogP contribution is 2.13. The Kier molecular flexibility index (Phi) is 5.05. The number of likely N-dealkylation sites (tertiary alicyclic amines) is 1. The minimum absolute atomic E-state index is 0.0521. The standard InChI is InChI=1S/C11H22N2O2/c1-3-9(12)8-11(14)15-10-4-6-13(2)7-5-10/h9-10H,3-8,12H2,1-2H3. The average Bonchev–Trinajstić information content (AvgIpc) is 2.21. The molecule has 0 aliphatic carbocycles. The summed E-state index contributed by atoms with van der Waals surface area (Å²) < 4.78 is 5.37. The Morgan fingerprint density at radius 1 is 1.53 bits per heavy atom. The number of carbonyl (C=O) groups is 1. The number of nitrogens with zero attached hydrogens (tertiary/aromatic N) is 1. The highest BCUT2D eigenvalue weighted by Gasteiger charge is 2.20. The number of nitrogens with two attached hydrogens (primary N) is 1. The van der Waals surface area contributed by atoms with E-state index < -0.39 is 0 Å². The van der Waals surface area contributed by atoms with Crippen LogP contribution in [0.15, 0.2) is 0 Å². The lowest BCUT2D eigenvalue weighted by Crippen LogP contribution is -2.36. The first-order valence-corrected chi connectivity index (χ1v) is 5.75. The van der Waals surface area contributed by atoms with E-state index in [1.807, 2.05) is 6.92 Å². The van der Waals surface area contributed by atoms with Crippen molar-refractivity contribution < 1.29 is 9.53 Å². The van der Waals surface area contributed by atoms with Gasteiger partial charge in [0.1, 0.15) is 6.10 Å². The third kappa shape index (κ3) is 4.62. The highest BCUT2D eigenvalue weighted by molar-refractivity contribution is 5.70. The van der Waals surface area contributed by atoms with Crippen LogP contribution in [-0.4, -0.2) is 43.2 Å². The van der Waals surface area contributed by atoms with E-state index in [-0.39, 0.29) is 18.1 Å². The Bertz CT molecular complexity index is 201. The lowest BCUT2D eigenvalue weighted by Gasteiger charge is -2.28. The van der Waals surface area contributed by atoms with Crippen molar-refractivity contribution in [2.24, 2.45) is 5.73 Å². The summed E-state index contributed by atoms with van der Waals surface area (Å²) in [6.45, 7) is 4.00. The molecule has 1 heterocycles. The third-order valence-electron chi connectivity index (χ3n) is 2.92. The van der Waals surface area contributed by atoms with Gasteiger partial charge in [-0.1, -0.05) is 6.92 Å². The molecular weight excluding hydrogens is 192 g/mol. The number of esters is 1. The maximum Gasteiger partial charge on any atom is 0.307 e. The van der Waals surface area contributed by atoms with Gasteiger partial charge in [0.15, 0.2) is 0 Å². The van der Waals surface area contributed by atoms with Crippen LogP contribution in [0.5, 0.6) is 0 Å². The zero-order valence-electron chi connectivity index (χ0n) is 9.74. The number of piperidine rings is 1. The molecule has 1 aliphatic heterocycles. The zero-order chi connectivity index (χ0) is 11.3. The quantitative estimate of drug-likeness (QED) is 0.702. The molecule has 15 heavy (non-hydrogen) atoms. The largest absolute Gasteiger partial charge is 0.462 e. The van der Waals surface area contributed by atoms with E-state index in [2.05, 4.69) is 11.9 Å². The van der Waals surface area contributed by atoms with Crippen molar-refractivity contribution in [2.45, 2.75) is 44.8 Å². The van der Waals surface area contributed by atoms with E-state index in [1.54, 1.807) is 0 Å². The average molecular weight is 214 g/mol. The summed E-state index contributed by atoms with van der Waals surface area (Å²) >= 11 is 0. The van der Waals surface area contributed by atoms with Crippen molar-refractivity contribution in [1.29, 1.82) is 0 Å². The second-order valence-corrected chi connectivity index (χ2v) is 4.36. The molecule has 0 radical (unpaired) electrons. The van der Waals surface area contributed by atoms with Gasteiger partial charge in [0.25, 0.3) is 0 Å². The molecular formula is C11H22N2O2. The molecule has 0 spiro atoms. The summed E-state index contributed by atoms with van der Waals surface area (Å²) in [7, 11) is 2.09. The second-order valence-electron chi connectivity index (χ2n) is 4.36. The van der Waals surface area contributed by atoms with Crippen LogP contribution in [0.25, 0.3) is 0 Å². The van der Waals surface area contributed by atoms with Crippen LogP contribution in [0.3, 0.4) is 0 Å². The number of hydrogen-bond donors (Lipinski definition) is 1. The van der Waals surface area contributed by atoms with Crippen LogP contribution < -0.4 is 5.73 Å². The van der Waals surface area contributed by atoms with E-state index in [0.29, 0.717) is 6.42 Å². The maximum atomic E-state index is 11.4. The summed E-state index contributed by atoms with van der Waals surface area (Å²) in [5.41, 5.74) is 5.69. The molecule has 1 fully saturated rings. The first kappa shape index (κ1) is 12.5. The molecule has 0 aromatic rings. The van der Waals surface area contributed by atoms with Crippen molar-refractivity contribution in [3.63, 3.8) is 0 Å². The molecule has 0 saturated carbocycles. The van der Waals surface area contributed by atoms with Gasteiger partial charge < -0.3 is 15.4 Å². The molecule has 1 unspecified atom stereocenters. The van der Waals surface area contributed by atoms with E-state index in [1.165, 1.54) is 0 Å². The molecule has 1 atom stereocenters. The van der Waals surface area contributed by atoms with E-state index in [0.717, 1.165) is 32.4 Å². The Hall–Kier alpha value is -0.610. The van der Waals surface area contributed by atoms with Crippen LogP contribution in [0, 0.1) is 0 Å². The molecule has 1 rings (SSSR count). The summed E-state index contributed by atoms with van der Waals surface area (Å²) in [5, 5.41) is 0. The van der Waals surface area contributed by atoms with Gasteiger partial charge in [0, 0.05) is 19.1 Å². The zero-order valence-corrected chi connectivity index (χ0v) is 9.74. The van der Waals surface area contributed by atoms with Gasteiger partial charge in [0.05, 0.1) is 6.42 Å². The van der Waals surface area contributed by atoms with Crippen molar-refractivity contribution >= 4 is 5.97 Å². The SMILES string of the molecule is CCC(N)CC(=O)OC1CCN(C)CC1. The molecule has 4 nitrogen and oxygen atoms in total. The molecule has 88 valence electrons. The fraction of sp³-hybridized carbons (Fsp3) is 0.909. The Balaban J connectivity index is 2.20. The third-order valence-corrected chi connectivity index (χ3v) is 2.92.